The summed E-state index contributed by atoms with van der Waals surface area (Å²) in [5.74, 6) is -1.06. The van der Waals surface area contributed by atoms with Crippen LogP contribution < -0.4 is 5.73 Å². The van der Waals surface area contributed by atoms with Crippen molar-refractivity contribution in [3.8, 4) is 11.1 Å². The first kappa shape index (κ1) is 20.0. The van der Waals surface area contributed by atoms with E-state index in [1.54, 1.807) is 6.07 Å². The summed E-state index contributed by atoms with van der Waals surface area (Å²) in [5, 5.41) is 0. The fourth-order valence-electron chi connectivity index (χ4n) is 2.11. The van der Waals surface area contributed by atoms with Gasteiger partial charge in [0, 0.05) is 0 Å². The molecule has 2 aromatic carbocycles. The Bertz CT molecular complexity index is 662. The van der Waals surface area contributed by atoms with Gasteiger partial charge in [0.25, 0.3) is 0 Å². The number of halogens is 4. The van der Waals surface area contributed by atoms with E-state index in [2.05, 4.69) is 4.74 Å². The van der Waals surface area contributed by atoms with Gasteiger partial charge in [0.05, 0.1) is 0 Å². The van der Waals surface area contributed by atoms with Crippen LogP contribution in [-0.2, 0) is 16.0 Å². The van der Waals surface area contributed by atoms with E-state index in [1.807, 2.05) is 48.5 Å². The van der Waals surface area contributed by atoms with Gasteiger partial charge in [-0.05, 0) is 23.1 Å². The molecular formula is C17H17ClF3NO2. The fourth-order valence-corrected chi connectivity index (χ4v) is 2.11. The zero-order chi connectivity index (χ0) is 16.9. The van der Waals surface area contributed by atoms with Gasteiger partial charge < -0.3 is 10.5 Å². The molecule has 0 aliphatic heterocycles. The van der Waals surface area contributed by atoms with Crippen molar-refractivity contribution in [2.45, 2.75) is 18.6 Å². The summed E-state index contributed by atoms with van der Waals surface area (Å²) in [6.45, 7) is -1.62. The van der Waals surface area contributed by atoms with E-state index in [9.17, 15) is 18.0 Å². The molecule has 0 heterocycles. The first-order valence-corrected chi connectivity index (χ1v) is 6.98. The number of esters is 1. The molecule has 2 rings (SSSR count). The topological polar surface area (TPSA) is 52.3 Å². The highest BCUT2D eigenvalue weighted by Crippen LogP contribution is 2.21. The largest absolute Gasteiger partial charge is 0.455 e. The summed E-state index contributed by atoms with van der Waals surface area (Å²) < 4.78 is 40.3. The highest BCUT2D eigenvalue weighted by atomic mass is 35.5. The van der Waals surface area contributed by atoms with Crippen molar-refractivity contribution >= 4 is 18.4 Å². The maximum atomic E-state index is 12.0. The first-order chi connectivity index (χ1) is 10.8. The molecular weight excluding hydrogens is 343 g/mol. The highest BCUT2D eigenvalue weighted by Gasteiger charge is 2.30. The number of nitrogens with two attached hydrogens (primary N) is 1. The summed E-state index contributed by atoms with van der Waals surface area (Å²) in [6, 6.07) is 15.8. The summed E-state index contributed by atoms with van der Waals surface area (Å²) in [4.78, 5) is 11.5. The monoisotopic (exact) mass is 359 g/mol. The van der Waals surface area contributed by atoms with Gasteiger partial charge in [-0.1, -0.05) is 54.6 Å². The predicted molar refractivity (Wildman–Crippen MR) is 87.8 cm³/mol. The number of ether oxygens (including phenoxy) is 1. The predicted octanol–water partition coefficient (Wildman–Crippen LogP) is 3.75. The van der Waals surface area contributed by atoms with E-state index in [1.165, 1.54) is 0 Å². The number of rotatable bonds is 5. The molecule has 0 amide bonds. The minimum absolute atomic E-state index is 0. The Kier molecular flexibility index (Phi) is 7.25. The molecule has 0 aliphatic rings. The molecule has 0 spiro atoms. The number of hydrogen-bond acceptors (Lipinski definition) is 3. The zero-order valence-corrected chi connectivity index (χ0v) is 13.4. The molecule has 0 saturated heterocycles. The number of alkyl halides is 3. The molecule has 0 fully saturated rings. The number of benzene rings is 2. The molecule has 0 aromatic heterocycles. The normalized spacial score (nSPS) is 12.2. The molecule has 24 heavy (non-hydrogen) atoms. The average Bonchev–Trinajstić information content (AvgIpc) is 2.53. The van der Waals surface area contributed by atoms with Crippen molar-refractivity contribution in [2.75, 3.05) is 6.61 Å². The summed E-state index contributed by atoms with van der Waals surface area (Å²) >= 11 is 0. The van der Waals surface area contributed by atoms with Gasteiger partial charge in [-0.2, -0.15) is 13.2 Å². The minimum atomic E-state index is -4.55. The molecule has 7 heteroatoms. The summed E-state index contributed by atoms with van der Waals surface area (Å²) in [6.07, 6.45) is -4.44. The van der Waals surface area contributed by atoms with Crippen LogP contribution in [0, 0.1) is 0 Å². The Morgan fingerprint density at radius 2 is 1.67 bits per heavy atom. The molecule has 0 radical (unpaired) electrons. The molecule has 0 unspecified atom stereocenters. The van der Waals surface area contributed by atoms with Crippen LogP contribution in [0.3, 0.4) is 0 Å². The van der Waals surface area contributed by atoms with Crippen LogP contribution in [0.1, 0.15) is 5.56 Å². The van der Waals surface area contributed by atoms with Crippen LogP contribution in [-0.4, -0.2) is 24.8 Å². The molecule has 3 nitrogen and oxygen atoms in total. The van der Waals surface area contributed by atoms with Crippen LogP contribution in [0.2, 0.25) is 0 Å². The summed E-state index contributed by atoms with van der Waals surface area (Å²) in [7, 11) is 0. The molecule has 1 atom stereocenters. The van der Waals surface area contributed by atoms with Gasteiger partial charge in [0.15, 0.2) is 6.61 Å². The van der Waals surface area contributed by atoms with Crippen LogP contribution in [0.4, 0.5) is 13.2 Å². The van der Waals surface area contributed by atoms with Gasteiger partial charge in [-0.25, -0.2) is 0 Å². The molecule has 0 bridgehead atoms. The number of carbonyl (C=O) groups is 1. The van der Waals surface area contributed by atoms with Crippen LogP contribution in [0.25, 0.3) is 11.1 Å². The Morgan fingerprint density at radius 3 is 2.29 bits per heavy atom. The van der Waals surface area contributed by atoms with Crippen LogP contribution >= 0.6 is 12.4 Å². The maximum Gasteiger partial charge on any atom is 0.422 e. The van der Waals surface area contributed by atoms with E-state index < -0.39 is 24.8 Å². The van der Waals surface area contributed by atoms with Gasteiger partial charge >= 0.3 is 12.1 Å². The second kappa shape index (κ2) is 8.70. The maximum absolute atomic E-state index is 12.0. The third-order valence-electron chi connectivity index (χ3n) is 3.17. The second-order valence-corrected chi connectivity index (χ2v) is 5.10. The summed E-state index contributed by atoms with van der Waals surface area (Å²) in [5.41, 5.74) is 8.32. The third kappa shape index (κ3) is 6.22. The SMILES string of the molecule is Cl.N[C@@H](Cc1cccc(-c2ccccc2)c1)C(=O)OCC(F)(F)F. The van der Waals surface area contributed by atoms with Crippen molar-refractivity contribution < 1.29 is 22.7 Å². The Balaban J connectivity index is 0.00000288. The van der Waals surface area contributed by atoms with Crippen LogP contribution in [0.5, 0.6) is 0 Å². The smallest absolute Gasteiger partial charge is 0.422 e. The van der Waals surface area contributed by atoms with Crippen LogP contribution in [0.15, 0.2) is 54.6 Å². The van der Waals surface area contributed by atoms with E-state index in [0.29, 0.717) is 0 Å². The van der Waals surface area contributed by atoms with E-state index in [4.69, 9.17) is 5.73 Å². The lowest BCUT2D eigenvalue weighted by atomic mass is 10.00. The van der Waals surface area contributed by atoms with Gasteiger partial charge in [0.1, 0.15) is 6.04 Å². The quantitative estimate of drug-likeness (QED) is 0.827. The van der Waals surface area contributed by atoms with E-state index >= 15 is 0 Å². The number of carbonyl (C=O) groups excluding carboxylic acids is 1. The molecule has 2 N–H and O–H groups in total. The lowest BCUT2D eigenvalue weighted by Crippen LogP contribution is -2.36. The first-order valence-electron chi connectivity index (χ1n) is 6.98. The lowest BCUT2D eigenvalue weighted by molar-refractivity contribution is -0.187. The van der Waals surface area contributed by atoms with Gasteiger partial charge in [-0.3, -0.25) is 4.79 Å². The lowest BCUT2D eigenvalue weighted by Gasteiger charge is -2.13. The third-order valence-corrected chi connectivity index (χ3v) is 3.17. The highest BCUT2D eigenvalue weighted by molar-refractivity contribution is 5.85. The zero-order valence-electron chi connectivity index (χ0n) is 12.6. The Labute approximate surface area is 144 Å². The van der Waals surface area contributed by atoms with Crippen molar-refractivity contribution in [2.24, 2.45) is 5.73 Å². The molecule has 130 valence electrons. The van der Waals surface area contributed by atoms with Crippen molar-refractivity contribution in [1.29, 1.82) is 0 Å². The van der Waals surface area contributed by atoms with Gasteiger partial charge in [0.2, 0.25) is 0 Å². The fraction of sp³-hybridized carbons (Fsp3) is 0.235. The van der Waals surface area contributed by atoms with Crippen molar-refractivity contribution in [3.63, 3.8) is 0 Å². The van der Waals surface area contributed by atoms with E-state index in [0.717, 1.165) is 16.7 Å². The molecule has 0 aliphatic carbocycles. The van der Waals surface area contributed by atoms with Crippen molar-refractivity contribution in [1.82, 2.24) is 0 Å². The minimum Gasteiger partial charge on any atom is -0.455 e. The average molecular weight is 360 g/mol. The Hall–Kier alpha value is -2.05. The molecule has 0 saturated carbocycles. The Morgan fingerprint density at radius 1 is 1.04 bits per heavy atom. The van der Waals surface area contributed by atoms with E-state index in [-0.39, 0.29) is 18.8 Å². The number of hydrogen-bond donors (Lipinski definition) is 1. The van der Waals surface area contributed by atoms with Crippen molar-refractivity contribution in [3.05, 3.63) is 60.2 Å². The van der Waals surface area contributed by atoms with Gasteiger partial charge in [-0.15, -0.1) is 12.4 Å². The second-order valence-electron chi connectivity index (χ2n) is 5.10. The standard InChI is InChI=1S/C17H16F3NO2.ClH/c18-17(19,20)11-23-16(22)15(21)10-12-5-4-8-14(9-12)13-6-2-1-3-7-13;/h1-9,15H,10-11,21H2;1H/t15-;/m0./s1. The molecule has 2 aromatic rings.